The van der Waals surface area contributed by atoms with Gasteiger partial charge in [-0.2, -0.15) is 0 Å². The van der Waals surface area contributed by atoms with Gasteiger partial charge in [-0.05, 0) is 43.5 Å². The molecule has 0 heterocycles. The molecule has 102 valence electrons. The van der Waals surface area contributed by atoms with Gasteiger partial charge in [-0.15, -0.1) is 0 Å². The first kappa shape index (κ1) is 15.2. The molecule has 1 atom stereocenters. The lowest BCUT2D eigenvalue weighted by molar-refractivity contribution is 0.134. The lowest BCUT2D eigenvalue weighted by Crippen LogP contribution is -2.38. The molecule has 0 aromatic heterocycles. The van der Waals surface area contributed by atoms with Crippen LogP contribution in [0, 0.1) is 5.41 Å². The van der Waals surface area contributed by atoms with Crippen LogP contribution in [0.2, 0.25) is 0 Å². The first-order chi connectivity index (χ1) is 8.34. The predicted octanol–water partition coefficient (Wildman–Crippen LogP) is 3.05. The predicted molar refractivity (Wildman–Crippen MR) is 79.6 cm³/mol. The van der Waals surface area contributed by atoms with Crippen molar-refractivity contribution in [3.05, 3.63) is 35.4 Å². The van der Waals surface area contributed by atoms with Gasteiger partial charge in [0.15, 0.2) is 0 Å². The highest BCUT2D eigenvalue weighted by Gasteiger charge is 2.23. The van der Waals surface area contributed by atoms with E-state index in [0.29, 0.717) is 11.5 Å². The van der Waals surface area contributed by atoms with Gasteiger partial charge < -0.3 is 5.73 Å². The van der Waals surface area contributed by atoms with Crippen molar-refractivity contribution >= 4 is 0 Å². The Hall–Kier alpha value is -0.860. The van der Waals surface area contributed by atoms with Crippen LogP contribution in [0.3, 0.4) is 0 Å². The van der Waals surface area contributed by atoms with E-state index in [0.717, 1.165) is 19.5 Å². The molecule has 0 aliphatic carbocycles. The first-order valence-corrected chi connectivity index (χ1v) is 6.82. The van der Waals surface area contributed by atoms with Gasteiger partial charge in [-0.3, -0.25) is 4.90 Å². The molecule has 1 aromatic rings. The van der Waals surface area contributed by atoms with Crippen molar-refractivity contribution in [1.82, 2.24) is 4.90 Å². The molecule has 1 rings (SSSR count). The Morgan fingerprint density at radius 3 is 2.06 bits per heavy atom. The Balaban J connectivity index is 2.62. The Morgan fingerprint density at radius 1 is 1.11 bits per heavy atom. The maximum Gasteiger partial charge on any atom is 0.0233 e. The van der Waals surface area contributed by atoms with E-state index in [-0.39, 0.29) is 0 Å². The van der Waals surface area contributed by atoms with Gasteiger partial charge in [0.05, 0.1) is 0 Å². The highest BCUT2D eigenvalue weighted by Crippen LogP contribution is 2.24. The summed E-state index contributed by atoms with van der Waals surface area (Å²) in [6.45, 7) is 10.9. The van der Waals surface area contributed by atoms with Gasteiger partial charge >= 0.3 is 0 Å². The third-order valence-corrected chi connectivity index (χ3v) is 3.80. The molecular weight excluding hydrogens is 220 g/mol. The second-order valence-electron chi connectivity index (χ2n) is 6.31. The molecule has 0 radical (unpaired) electrons. The minimum atomic E-state index is 0.314. The minimum absolute atomic E-state index is 0.314. The van der Waals surface area contributed by atoms with Gasteiger partial charge in [0.1, 0.15) is 0 Å². The SMILES string of the molecule is CC(N(C)Cc1ccc(CCN)cc1)C(C)(C)C. The van der Waals surface area contributed by atoms with Gasteiger partial charge in [-0.1, -0.05) is 45.0 Å². The van der Waals surface area contributed by atoms with Gasteiger partial charge in [0.25, 0.3) is 0 Å². The summed E-state index contributed by atoms with van der Waals surface area (Å²) in [5.74, 6) is 0. The number of hydrogen-bond acceptors (Lipinski definition) is 2. The molecular formula is C16H28N2. The second-order valence-corrected chi connectivity index (χ2v) is 6.31. The highest BCUT2D eigenvalue weighted by atomic mass is 15.1. The third kappa shape index (κ3) is 4.43. The second kappa shape index (κ2) is 6.35. The molecule has 2 N–H and O–H groups in total. The lowest BCUT2D eigenvalue weighted by Gasteiger charge is -2.35. The van der Waals surface area contributed by atoms with Crippen LogP contribution in [0.25, 0.3) is 0 Å². The van der Waals surface area contributed by atoms with E-state index in [1.807, 2.05) is 0 Å². The first-order valence-electron chi connectivity index (χ1n) is 6.82. The topological polar surface area (TPSA) is 29.3 Å². The number of hydrogen-bond donors (Lipinski definition) is 1. The fraction of sp³-hybridized carbons (Fsp3) is 0.625. The average molecular weight is 248 g/mol. The average Bonchev–Trinajstić information content (AvgIpc) is 2.30. The van der Waals surface area contributed by atoms with Gasteiger partial charge in [-0.25, -0.2) is 0 Å². The van der Waals surface area contributed by atoms with Crippen LogP contribution in [0.4, 0.5) is 0 Å². The van der Waals surface area contributed by atoms with Crippen molar-refractivity contribution in [2.45, 2.75) is 46.7 Å². The summed E-state index contributed by atoms with van der Waals surface area (Å²) in [5.41, 5.74) is 8.57. The Kier molecular flexibility index (Phi) is 5.36. The Labute approximate surface area is 112 Å². The molecule has 0 aliphatic heterocycles. The highest BCUT2D eigenvalue weighted by molar-refractivity contribution is 5.22. The summed E-state index contributed by atoms with van der Waals surface area (Å²) >= 11 is 0. The zero-order valence-corrected chi connectivity index (χ0v) is 12.5. The van der Waals surface area contributed by atoms with E-state index >= 15 is 0 Å². The van der Waals surface area contributed by atoms with E-state index in [4.69, 9.17) is 5.73 Å². The van der Waals surface area contributed by atoms with Crippen molar-refractivity contribution in [2.75, 3.05) is 13.6 Å². The zero-order chi connectivity index (χ0) is 13.8. The summed E-state index contributed by atoms with van der Waals surface area (Å²) in [5, 5.41) is 0. The van der Waals surface area contributed by atoms with Crippen molar-refractivity contribution in [2.24, 2.45) is 11.1 Å². The van der Waals surface area contributed by atoms with Crippen molar-refractivity contribution in [1.29, 1.82) is 0 Å². The monoisotopic (exact) mass is 248 g/mol. The molecule has 0 saturated carbocycles. The zero-order valence-electron chi connectivity index (χ0n) is 12.5. The number of nitrogens with two attached hydrogens (primary N) is 1. The summed E-state index contributed by atoms with van der Waals surface area (Å²) in [4.78, 5) is 2.41. The normalized spacial score (nSPS) is 13.9. The molecule has 0 saturated heterocycles. The summed E-state index contributed by atoms with van der Waals surface area (Å²) in [7, 11) is 2.20. The summed E-state index contributed by atoms with van der Waals surface area (Å²) in [6, 6.07) is 9.38. The molecule has 2 nitrogen and oxygen atoms in total. The van der Waals surface area contributed by atoms with E-state index in [1.165, 1.54) is 11.1 Å². The molecule has 0 aliphatic rings. The maximum absolute atomic E-state index is 5.56. The van der Waals surface area contributed by atoms with E-state index < -0.39 is 0 Å². The van der Waals surface area contributed by atoms with Gasteiger partial charge in [0, 0.05) is 12.6 Å². The third-order valence-electron chi connectivity index (χ3n) is 3.80. The molecule has 0 spiro atoms. The summed E-state index contributed by atoms with van der Waals surface area (Å²) in [6.07, 6.45) is 0.967. The van der Waals surface area contributed by atoms with E-state index in [1.54, 1.807) is 0 Å². The van der Waals surface area contributed by atoms with Crippen molar-refractivity contribution in [3.63, 3.8) is 0 Å². The molecule has 2 heteroatoms. The van der Waals surface area contributed by atoms with Crippen LogP contribution in [0.5, 0.6) is 0 Å². The molecule has 0 bridgehead atoms. The number of benzene rings is 1. The quantitative estimate of drug-likeness (QED) is 0.868. The number of nitrogens with zero attached hydrogens (tertiary/aromatic N) is 1. The molecule has 18 heavy (non-hydrogen) atoms. The molecule has 0 amide bonds. The maximum atomic E-state index is 5.56. The van der Waals surface area contributed by atoms with Crippen molar-refractivity contribution < 1.29 is 0 Å². The van der Waals surface area contributed by atoms with E-state index in [2.05, 4.69) is 63.9 Å². The van der Waals surface area contributed by atoms with Gasteiger partial charge in [0.2, 0.25) is 0 Å². The molecule has 1 aromatic carbocycles. The molecule has 0 fully saturated rings. The standard InChI is InChI=1S/C16H28N2/c1-13(16(2,3)4)18(5)12-15-8-6-14(7-9-15)10-11-17/h6-9,13H,10-12,17H2,1-5H3. The molecule has 1 unspecified atom stereocenters. The minimum Gasteiger partial charge on any atom is -0.330 e. The fourth-order valence-corrected chi connectivity index (χ4v) is 2.06. The van der Waals surface area contributed by atoms with E-state index in [9.17, 15) is 0 Å². The van der Waals surface area contributed by atoms with Crippen LogP contribution in [0.1, 0.15) is 38.8 Å². The van der Waals surface area contributed by atoms with Crippen LogP contribution < -0.4 is 5.73 Å². The lowest BCUT2D eigenvalue weighted by atomic mass is 9.87. The number of rotatable bonds is 5. The fourth-order valence-electron chi connectivity index (χ4n) is 2.06. The van der Waals surface area contributed by atoms with Crippen LogP contribution in [-0.4, -0.2) is 24.5 Å². The van der Waals surface area contributed by atoms with Crippen molar-refractivity contribution in [3.8, 4) is 0 Å². The Morgan fingerprint density at radius 2 is 1.61 bits per heavy atom. The van der Waals surface area contributed by atoms with Crippen LogP contribution in [0.15, 0.2) is 24.3 Å². The summed E-state index contributed by atoms with van der Waals surface area (Å²) < 4.78 is 0. The van der Waals surface area contributed by atoms with Crippen LogP contribution >= 0.6 is 0 Å². The largest absolute Gasteiger partial charge is 0.330 e. The Bertz CT molecular complexity index is 348. The van der Waals surface area contributed by atoms with Crippen LogP contribution in [-0.2, 0) is 13.0 Å². The smallest absolute Gasteiger partial charge is 0.0233 e.